The quantitative estimate of drug-likeness (QED) is 0.795. The van der Waals surface area contributed by atoms with Crippen LogP contribution in [0.5, 0.6) is 0 Å². The van der Waals surface area contributed by atoms with E-state index in [1.54, 1.807) is 12.1 Å². The third-order valence-electron chi connectivity index (χ3n) is 3.09. The summed E-state index contributed by atoms with van der Waals surface area (Å²) in [5.41, 5.74) is 0.574. The molecule has 0 saturated carbocycles. The Balaban J connectivity index is 2.61. The molecular formula is C15H23FN2O. The number of unbranched alkanes of at least 4 members (excludes halogenated alkanes) is 1. The lowest BCUT2D eigenvalue weighted by atomic mass is 9.94. The van der Waals surface area contributed by atoms with Gasteiger partial charge in [0.1, 0.15) is 5.82 Å². The Kier molecular flexibility index (Phi) is 5.80. The Morgan fingerprint density at radius 3 is 2.47 bits per heavy atom. The summed E-state index contributed by atoms with van der Waals surface area (Å²) in [5, 5.41) is 6.24. The summed E-state index contributed by atoms with van der Waals surface area (Å²) < 4.78 is 12.8. The van der Waals surface area contributed by atoms with Gasteiger partial charge in [0.05, 0.1) is 5.54 Å². The van der Waals surface area contributed by atoms with Gasteiger partial charge in [-0.25, -0.2) is 4.39 Å². The number of hydrogen-bond donors (Lipinski definition) is 2. The normalized spacial score (nSPS) is 13.7. The fraction of sp³-hybridized carbons (Fsp3) is 0.533. The number of rotatable bonds is 7. The molecule has 0 aromatic heterocycles. The van der Waals surface area contributed by atoms with E-state index in [9.17, 15) is 9.18 Å². The van der Waals surface area contributed by atoms with Crippen molar-refractivity contribution in [2.45, 2.75) is 45.6 Å². The molecule has 0 heterocycles. The average Bonchev–Trinajstić information content (AvgIpc) is 2.35. The summed E-state index contributed by atoms with van der Waals surface area (Å²) in [5.74, 6) is -0.277. The molecular weight excluding hydrogens is 243 g/mol. The Bertz CT molecular complexity index is 405. The predicted octanol–water partition coefficient (Wildman–Crippen LogP) is 3.32. The van der Waals surface area contributed by atoms with Gasteiger partial charge in [-0.15, -0.1) is 0 Å². The second kappa shape index (κ2) is 7.12. The van der Waals surface area contributed by atoms with Gasteiger partial charge in [0.15, 0.2) is 0 Å². The standard InChI is InChI=1S/C15H23FN2O/c1-4-5-10-15(3,18-12(2)19)11-17-14-8-6-13(16)7-9-14/h6-9,17H,4-5,10-11H2,1-3H3,(H,18,19). The largest absolute Gasteiger partial charge is 0.383 e. The van der Waals surface area contributed by atoms with E-state index in [-0.39, 0.29) is 17.3 Å². The molecule has 106 valence electrons. The smallest absolute Gasteiger partial charge is 0.217 e. The van der Waals surface area contributed by atoms with E-state index in [0.29, 0.717) is 6.54 Å². The molecule has 19 heavy (non-hydrogen) atoms. The number of amides is 1. The van der Waals surface area contributed by atoms with Crippen LogP contribution in [-0.2, 0) is 4.79 Å². The van der Waals surface area contributed by atoms with Crippen LogP contribution in [0.15, 0.2) is 24.3 Å². The highest BCUT2D eigenvalue weighted by Gasteiger charge is 2.24. The van der Waals surface area contributed by atoms with E-state index in [2.05, 4.69) is 17.6 Å². The summed E-state index contributed by atoms with van der Waals surface area (Å²) in [6.45, 7) is 6.31. The summed E-state index contributed by atoms with van der Waals surface area (Å²) >= 11 is 0. The number of benzene rings is 1. The maximum Gasteiger partial charge on any atom is 0.217 e. The fourth-order valence-electron chi connectivity index (χ4n) is 2.05. The lowest BCUT2D eigenvalue weighted by Gasteiger charge is -2.31. The van der Waals surface area contributed by atoms with Crippen LogP contribution in [0.4, 0.5) is 10.1 Å². The van der Waals surface area contributed by atoms with Crippen molar-refractivity contribution in [2.75, 3.05) is 11.9 Å². The lowest BCUT2D eigenvalue weighted by molar-refractivity contribution is -0.120. The summed E-state index contributed by atoms with van der Waals surface area (Å²) in [6.07, 6.45) is 3.06. The van der Waals surface area contributed by atoms with Crippen LogP contribution in [0.3, 0.4) is 0 Å². The van der Waals surface area contributed by atoms with Crippen molar-refractivity contribution in [3.8, 4) is 0 Å². The minimum atomic E-state index is -0.282. The zero-order chi connectivity index (χ0) is 14.3. The van der Waals surface area contributed by atoms with Crippen molar-refractivity contribution >= 4 is 11.6 Å². The summed E-state index contributed by atoms with van der Waals surface area (Å²) in [7, 11) is 0. The average molecular weight is 266 g/mol. The minimum absolute atomic E-state index is 0.0282. The first-order valence-electron chi connectivity index (χ1n) is 6.73. The zero-order valence-corrected chi connectivity index (χ0v) is 11.9. The van der Waals surface area contributed by atoms with Gasteiger partial charge < -0.3 is 10.6 Å². The first-order valence-corrected chi connectivity index (χ1v) is 6.73. The molecule has 0 radical (unpaired) electrons. The van der Waals surface area contributed by atoms with Crippen molar-refractivity contribution in [1.29, 1.82) is 0 Å². The SMILES string of the molecule is CCCCC(C)(CNc1ccc(F)cc1)NC(C)=O. The molecule has 1 aromatic rings. The van der Waals surface area contributed by atoms with Crippen LogP contribution < -0.4 is 10.6 Å². The number of carbonyl (C=O) groups is 1. The topological polar surface area (TPSA) is 41.1 Å². The van der Waals surface area contributed by atoms with Gasteiger partial charge in [-0.05, 0) is 37.6 Å². The van der Waals surface area contributed by atoms with Gasteiger partial charge >= 0.3 is 0 Å². The number of halogens is 1. The van der Waals surface area contributed by atoms with Crippen LogP contribution in [0.1, 0.15) is 40.0 Å². The summed E-state index contributed by atoms with van der Waals surface area (Å²) in [4.78, 5) is 11.3. The Morgan fingerprint density at radius 1 is 1.32 bits per heavy atom. The van der Waals surface area contributed by atoms with Gasteiger partial charge in [0.25, 0.3) is 0 Å². The molecule has 0 aliphatic carbocycles. The molecule has 4 heteroatoms. The molecule has 1 amide bonds. The van der Waals surface area contributed by atoms with E-state index < -0.39 is 0 Å². The fourth-order valence-corrected chi connectivity index (χ4v) is 2.05. The first-order chi connectivity index (χ1) is 8.95. The maximum atomic E-state index is 12.8. The molecule has 1 aromatic carbocycles. The highest BCUT2D eigenvalue weighted by atomic mass is 19.1. The van der Waals surface area contributed by atoms with Crippen molar-refractivity contribution in [3.63, 3.8) is 0 Å². The van der Waals surface area contributed by atoms with Crippen molar-refractivity contribution < 1.29 is 9.18 Å². The molecule has 2 N–H and O–H groups in total. The van der Waals surface area contributed by atoms with E-state index in [1.165, 1.54) is 19.1 Å². The second-order valence-corrected chi connectivity index (χ2v) is 5.21. The van der Waals surface area contributed by atoms with Crippen molar-refractivity contribution in [1.82, 2.24) is 5.32 Å². The van der Waals surface area contributed by atoms with Gasteiger partial charge in [0, 0.05) is 19.2 Å². The van der Waals surface area contributed by atoms with Gasteiger partial charge in [0.2, 0.25) is 5.91 Å². The third kappa shape index (κ3) is 5.73. The Morgan fingerprint density at radius 2 is 1.95 bits per heavy atom. The molecule has 0 aliphatic heterocycles. The van der Waals surface area contributed by atoms with Gasteiger partial charge in [-0.3, -0.25) is 4.79 Å². The van der Waals surface area contributed by atoms with Gasteiger partial charge in [-0.1, -0.05) is 19.8 Å². The molecule has 0 aliphatic rings. The number of hydrogen-bond acceptors (Lipinski definition) is 2. The first kappa shape index (κ1) is 15.5. The van der Waals surface area contributed by atoms with E-state index >= 15 is 0 Å². The Labute approximate surface area is 114 Å². The van der Waals surface area contributed by atoms with E-state index in [0.717, 1.165) is 24.9 Å². The maximum absolute atomic E-state index is 12.8. The van der Waals surface area contributed by atoms with Crippen LogP contribution in [0.2, 0.25) is 0 Å². The molecule has 3 nitrogen and oxygen atoms in total. The van der Waals surface area contributed by atoms with Crippen molar-refractivity contribution in [3.05, 3.63) is 30.1 Å². The molecule has 0 saturated heterocycles. The molecule has 0 bridgehead atoms. The molecule has 0 fully saturated rings. The number of nitrogens with one attached hydrogen (secondary N) is 2. The van der Waals surface area contributed by atoms with E-state index in [4.69, 9.17) is 0 Å². The van der Waals surface area contributed by atoms with Gasteiger partial charge in [-0.2, -0.15) is 0 Å². The minimum Gasteiger partial charge on any atom is -0.383 e. The lowest BCUT2D eigenvalue weighted by Crippen LogP contribution is -2.50. The zero-order valence-electron chi connectivity index (χ0n) is 11.9. The highest BCUT2D eigenvalue weighted by molar-refractivity contribution is 5.73. The van der Waals surface area contributed by atoms with E-state index in [1.807, 2.05) is 6.92 Å². The molecule has 1 unspecified atom stereocenters. The monoisotopic (exact) mass is 266 g/mol. The Hall–Kier alpha value is -1.58. The molecule has 0 spiro atoms. The summed E-state index contributed by atoms with van der Waals surface area (Å²) in [6, 6.07) is 6.24. The second-order valence-electron chi connectivity index (χ2n) is 5.21. The van der Waals surface area contributed by atoms with Crippen LogP contribution in [-0.4, -0.2) is 18.0 Å². The number of carbonyl (C=O) groups excluding carboxylic acids is 1. The van der Waals surface area contributed by atoms with Crippen LogP contribution in [0, 0.1) is 5.82 Å². The highest BCUT2D eigenvalue weighted by Crippen LogP contribution is 2.16. The third-order valence-corrected chi connectivity index (χ3v) is 3.09. The molecule has 1 atom stereocenters. The molecule has 1 rings (SSSR count). The van der Waals surface area contributed by atoms with Crippen LogP contribution in [0.25, 0.3) is 0 Å². The number of anilines is 1. The van der Waals surface area contributed by atoms with Crippen molar-refractivity contribution in [2.24, 2.45) is 0 Å². The predicted molar refractivity (Wildman–Crippen MR) is 76.6 cm³/mol. The van der Waals surface area contributed by atoms with Crippen LogP contribution >= 0.6 is 0 Å².